The third-order valence-corrected chi connectivity index (χ3v) is 11.7. The molecular weight excluding hydrogens is 637 g/mol. The van der Waals surface area contributed by atoms with E-state index in [2.05, 4.69) is 191 Å². The highest BCUT2D eigenvalue weighted by Crippen LogP contribution is 2.45. The first-order chi connectivity index (χ1) is 25.3. The maximum atomic E-state index is 2.49. The second-order valence-electron chi connectivity index (χ2n) is 13.3. The van der Waals surface area contributed by atoms with Crippen LogP contribution in [-0.4, -0.2) is 9.13 Å². The van der Waals surface area contributed by atoms with Gasteiger partial charge in [-0.1, -0.05) is 146 Å². The number of fused-ring (bicyclic) bond motifs is 10. The van der Waals surface area contributed by atoms with Gasteiger partial charge >= 0.3 is 0 Å². The zero-order valence-electron chi connectivity index (χ0n) is 27.6. The largest absolute Gasteiger partial charge is 0.308 e. The van der Waals surface area contributed by atoms with Crippen molar-refractivity contribution in [1.82, 2.24) is 9.13 Å². The first kappa shape index (κ1) is 28.4. The molecular formula is C48H30N2S. The van der Waals surface area contributed by atoms with E-state index >= 15 is 0 Å². The molecule has 238 valence electrons. The Morgan fingerprint density at radius 3 is 1.61 bits per heavy atom. The Labute approximate surface area is 298 Å². The van der Waals surface area contributed by atoms with E-state index in [1.807, 2.05) is 11.3 Å². The van der Waals surface area contributed by atoms with Crippen molar-refractivity contribution in [3.63, 3.8) is 0 Å². The molecule has 0 aliphatic rings. The number of nitrogens with zero attached hydrogens (tertiary/aromatic N) is 2. The van der Waals surface area contributed by atoms with E-state index in [9.17, 15) is 0 Å². The van der Waals surface area contributed by atoms with Crippen molar-refractivity contribution in [2.24, 2.45) is 0 Å². The van der Waals surface area contributed by atoms with Crippen LogP contribution >= 0.6 is 11.3 Å². The fourth-order valence-corrected chi connectivity index (χ4v) is 9.58. The summed E-state index contributed by atoms with van der Waals surface area (Å²) in [5.74, 6) is 0. The monoisotopic (exact) mass is 666 g/mol. The normalized spacial score (nSPS) is 11.9. The molecule has 0 spiro atoms. The quantitative estimate of drug-likeness (QED) is 0.177. The SMILES string of the molecule is c1ccc(-c2cccc(-c3cccc(-n4c5ccccc5c5ccc6c7ccccc7sc6c54)c3)c2-n2c3ccccc3c3ccccc32)cc1. The minimum Gasteiger partial charge on any atom is -0.308 e. The first-order valence-corrected chi connectivity index (χ1v) is 18.3. The summed E-state index contributed by atoms with van der Waals surface area (Å²) < 4.78 is 7.62. The Balaban J connectivity index is 1.23. The lowest BCUT2D eigenvalue weighted by atomic mass is 9.95. The second kappa shape index (κ2) is 11.0. The van der Waals surface area contributed by atoms with Crippen LogP contribution in [0.1, 0.15) is 0 Å². The molecule has 11 aromatic rings. The average Bonchev–Trinajstić information content (AvgIpc) is 3.86. The average molecular weight is 667 g/mol. The summed E-state index contributed by atoms with van der Waals surface area (Å²) in [6, 6.07) is 66.6. The van der Waals surface area contributed by atoms with Crippen LogP contribution in [0.15, 0.2) is 182 Å². The summed E-state index contributed by atoms with van der Waals surface area (Å²) in [7, 11) is 0. The molecule has 0 aliphatic carbocycles. The molecule has 0 fully saturated rings. The van der Waals surface area contributed by atoms with E-state index in [1.165, 1.54) is 91.7 Å². The van der Waals surface area contributed by atoms with Gasteiger partial charge in [-0.15, -0.1) is 11.3 Å². The number of rotatable bonds is 4. The number of hydrogen-bond acceptors (Lipinski definition) is 1. The lowest BCUT2D eigenvalue weighted by Gasteiger charge is -2.20. The minimum atomic E-state index is 1.15. The van der Waals surface area contributed by atoms with Crippen LogP contribution < -0.4 is 0 Å². The lowest BCUT2D eigenvalue weighted by Crippen LogP contribution is -2.01. The summed E-state index contributed by atoms with van der Waals surface area (Å²) in [5, 5.41) is 7.70. The molecule has 0 unspecified atom stereocenters. The Morgan fingerprint density at radius 2 is 0.882 bits per heavy atom. The van der Waals surface area contributed by atoms with Crippen molar-refractivity contribution in [2.45, 2.75) is 0 Å². The van der Waals surface area contributed by atoms with Gasteiger partial charge < -0.3 is 9.13 Å². The number of hydrogen-bond donors (Lipinski definition) is 0. The van der Waals surface area contributed by atoms with Crippen LogP contribution in [0.2, 0.25) is 0 Å². The smallest absolute Gasteiger partial charge is 0.0719 e. The molecule has 0 saturated heterocycles. The van der Waals surface area contributed by atoms with Gasteiger partial charge in [-0.2, -0.15) is 0 Å². The molecule has 0 bridgehead atoms. The van der Waals surface area contributed by atoms with E-state index in [0.29, 0.717) is 0 Å². The van der Waals surface area contributed by atoms with E-state index in [4.69, 9.17) is 0 Å². The van der Waals surface area contributed by atoms with Gasteiger partial charge in [-0.05, 0) is 47.5 Å². The zero-order chi connectivity index (χ0) is 33.5. The van der Waals surface area contributed by atoms with Gasteiger partial charge in [-0.3, -0.25) is 0 Å². The van der Waals surface area contributed by atoms with E-state index in [-0.39, 0.29) is 0 Å². The number of para-hydroxylation sites is 4. The lowest BCUT2D eigenvalue weighted by molar-refractivity contribution is 1.17. The highest BCUT2D eigenvalue weighted by atomic mass is 32.1. The number of aromatic nitrogens is 2. The Morgan fingerprint density at radius 1 is 0.353 bits per heavy atom. The van der Waals surface area contributed by atoms with E-state index < -0.39 is 0 Å². The predicted molar refractivity (Wildman–Crippen MR) is 219 cm³/mol. The zero-order valence-corrected chi connectivity index (χ0v) is 28.4. The number of thiophene rings is 1. The van der Waals surface area contributed by atoms with Crippen molar-refractivity contribution in [3.8, 4) is 33.6 Å². The summed E-state index contributed by atoms with van der Waals surface area (Å²) in [4.78, 5) is 0. The molecule has 8 aromatic carbocycles. The molecule has 0 saturated carbocycles. The molecule has 0 aliphatic heterocycles. The highest BCUT2D eigenvalue weighted by Gasteiger charge is 2.21. The third-order valence-electron chi connectivity index (χ3n) is 10.5. The molecule has 11 rings (SSSR count). The van der Waals surface area contributed by atoms with Gasteiger partial charge in [0.25, 0.3) is 0 Å². The van der Waals surface area contributed by atoms with Gasteiger partial charge in [0.2, 0.25) is 0 Å². The highest BCUT2D eigenvalue weighted by molar-refractivity contribution is 7.26. The van der Waals surface area contributed by atoms with Gasteiger partial charge in [0.1, 0.15) is 0 Å². The molecule has 0 radical (unpaired) electrons. The van der Waals surface area contributed by atoms with Crippen LogP contribution in [0, 0.1) is 0 Å². The van der Waals surface area contributed by atoms with Gasteiger partial charge in [0, 0.05) is 53.8 Å². The maximum Gasteiger partial charge on any atom is 0.0719 e. The molecule has 0 atom stereocenters. The summed E-state index contributed by atoms with van der Waals surface area (Å²) in [6.45, 7) is 0. The van der Waals surface area contributed by atoms with E-state index in [0.717, 1.165) is 5.69 Å². The summed E-state index contributed by atoms with van der Waals surface area (Å²) >= 11 is 1.89. The van der Waals surface area contributed by atoms with E-state index in [1.54, 1.807) is 0 Å². The molecule has 51 heavy (non-hydrogen) atoms. The van der Waals surface area contributed by atoms with Crippen LogP contribution in [-0.2, 0) is 0 Å². The Bertz CT molecular complexity index is 3090. The second-order valence-corrected chi connectivity index (χ2v) is 14.3. The van der Waals surface area contributed by atoms with Crippen LogP contribution in [0.3, 0.4) is 0 Å². The van der Waals surface area contributed by atoms with Crippen LogP contribution in [0.4, 0.5) is 0 Å². The summed E-state index contributed by atoms with van der Waals surface area (Å²) in [6.07, 6.45) is 0. The minimum absolute atomic E-state index is 1.15. The van der Waals surface area contributed by atoms with Crippen LogP contribution in [0.25, 0.3) is 97.4 Å². The van der Waals surface area contributed by atoms with Gasteiger partial charge in [0.15, 0.2) is 0 Å². The molecule has 3 aromatic heterocycles. The predicted octanol–water partition coefficient (Wildman–Crippen LogP) is 13.6. The molecule has 0 amide bonds. The van der Waals surface area contributed by atoms with Crippen molar-refractivity contribution in [3.05, 3.63) is 182 Å². The maximum absolute atomic E-state index is 2.49. The number of benzene rings is 8. The molecule has 0 N–H and O–H groups in total. The molecule has 3 heteroatoms. The topological polar surface area (TPSA) is 9.86 Å². The molecule has 2 nitrogen and oxygen atoms in total. The molecule has 3 heterocycles. The standard InChI is InChI=1S/C48H30N2S/c1-2-14-31(15-3-1)34-22-13-23-35(46(34)50-43-25-9-4-18-36(43)37-19-5-10-26-44(37)50)32-16-12-17-33(30-32)49-42-24-8-6-20-38(42)40-28-29-41-39-21-7-11-27-45(39)51-48(41)47(40)49/h1-30H. The Kier molecular flexibility index (Phi) is 6.16. The van der Waals surface area contributed by atoms with Crippen LogP contribution in [0.5, 0.6) is 0 Å². The Hall–Kier alpha value is -6.42. The van der Waals surface area contributed by atoms with Crippen molar-refractivity contribution >= 4 is 75.1 Å². The van der Waals surface area contributed by atoms with Crippen molar-refractivity contribution < 1.29 is 0 Å². The van der Waals surface area contributed by atoms with Crippen molar-refractivity contribution in [1.29, 1.82) is 0 Å². The van der Waals surface area contributed by atoms with Gasteiger partial charge in [0.05, 0.1) is 32.5 Å². The first-order valence-electron chi connectivity index (χ1n) is 17.4. The fraction of sp³-hybridized carbons (Fsp3) is 0. The third kappa shape index (κ3) is 4.16. The van der Waals surface area contributed by atoms with Crippen molar-refractivity contribution in [2.75, 3.05) is 0 Å². The fourth-order valence-electron chi connectivity index (χ4n) is 8.34. The van der Waals surface area contributed by atoms with Gasteiger partial charge in [-0.25, -0.2) is 0 Å². The summed E-state index contributed by atoms with van der Waals surface area (Å²) in [5.41, 5.74) is 12.0.